The minimum Gasteiger partial charge on any atom is -0.354 e. The van der Waals surface area contributed by atoms with Crippen molar-refractivity contribution in [3.63, 3.8) is 0 Å². The number of aromatic nitrogens is 1. The third kappa shape index (κ3) is 5.20. The van der Waals surface area contributed by atoms with Crippen molar-refractivity contribution in [2.75, 3.05) is 12.0 Å². The standard InChI is InChI=1S/C13H20ClN5O2/c1-7(2)5-17-12(20)8(3)18-13(21)9-4-10(14)11(19-15)16-6-9/h4,6-8H,5,15H2,1-3H3,(H,16,19)(H,17,20)(H,18,21). The maximum Gasteiger partial charge on any atom is 0.253 e. The number of rotatable bonds is 6. The van der Waals surface area contributed by atoms with E-state index in [1.807, 2.05) is 13.8 Å². The quantitative estimate of drug-likeness (QED) is 0.461. The van der Waals surface area contributed by atoms with Gasteiger partial charge in [-0.05, 0) is 18.9 Å². The van der Waals surface area contributed by atoms with Gasteiger partial charge in [0.1, 0.15) is 6.04 Å². The van der Waals surface area contributed by atoms with Gasteiger partial charge in [0.15, 0.2) is 5.82 Å². The van der Waals surface area contributed by atoms with Gasteiger partial charge in [-0.25, -0.2) is 10.8 Å². The molecule has 0 saturated carbocycles. The van der Waals surface area contributed by atoms with Gasteiger partial charge in [-0.3, -0.25) is 9.59 Å². The number of carbonyl (C=O) groups is 2. The average molecular weight is 314 g/mol. The first kappa shape index (κ1) is 17.2. The fraction of sp³-hybridized carbons (Fsp3) is 0.462. The largest absolute Gasteiger partial charge is 0.354 e. The minimum absolute atomic E-state index is 0.224. The van der Waals surface area contributed by atoms with Crippen LogP contribution in [0.3, 0.4) is 0 Å². The zero-order valence-electron chi connectivity index (χ0n) is 12.2. The highest BCUT2D eigenvalue weighted by Crippen LogP contribution is 2.18. The van der Waals surface area contributed by atoms with Crippen molar-refractivity contribution in [1.29, 1.82) is 0 Å². The summed E-state index contributed by atoms with van der Waals surface area (Å²) >= 11 is 5.89. The Balaban J connectivity index is 2.64. The maximum absolute atomic E-state index is 12.0. The van der Waals surface area contributed by atoms with E-state index in [4.69, 9.17) is 17.4 Å². The Labute approximate surface area is 128 Å². The average Bonchev–Trinajstić information content (AvgIpc) is 2.44. The number of nitrogens with zero attached hydrogens (tertiary/aromatic N) is 1. The molecule has 1 rings (SSSR count). The molecule has 0 aliphatic carbocycles. The number of anilines is 1. The predicted molar refractivity (Wildman–Crippen MR) is 81.8 cm³/mol. The molecule has 2 amide bonds. The van der Waals surface area contributed by atoms with Gasteiger partial charge < -0.3 is 16.1 Å². The number of nitrogens with one attached hydrogen (secondary N) is 3. The Kier molecular flexibility index (Phi) is 6.39. The molecule has 0 aliphatic rings. The highest BCUT2D eigenvalue weighted by Gasteiger charge is 2.17. The molecule has 5 N–H and O–H groups in total. The molecule has 0 fully saturated rings. The molecule has 8 heteroatoms. The lowest BCUT2D eigenvalue weighted by Gasteiger charge is -2.15. The van der Waals surface area contributed by atoms with Gasteiger partial charge in [-0.15, -0.1) is 0 Å². The summed E-state index contributed by atoms with van der Waals surface area (Å²) in [5, 5.41) is 5.55. The molecule has 0 saturated heterocycles. The van der Waals surface area contributed by atoms with E-state index in [-0.39, 0.29) is 22.3 Å². The van der Waals surface area contributed by atoms with Crippen LogP contribution in [0.2, 0.25) is 5.02 Å². The molecular weight excluding hydrogens is 294 g/mol. The number of hydrogen-bond acceptors (Lipinski definition) is 5. The van der Waals surface area contributed by atoms with E-state index in [0.29, 0.717) is 12.5 Å². The molecule has 1 unspecified atom stereocenters. The number of hydrazine groups is 1. The second-order valence-electron chi connectivity index (χ2n) is 5.03. The summed E-state index contributed by atoms with van der Waals surface area (Å²) in [5.41, 5.74) is 2.56. The molecule has 1 aromatic heterocycles. The van der Waals surface area contributed by atoms with Crippen molar-refractivity contribution in [3.8, 4) is 0 Å². The van der Waals surface area contributed by atoms with Crippen molar-refractivity contribution < 1.29 is 9.59 Å². The minimum atomic E-state index is -0.651. The number of nitrogen functional groups attached to an aromatic ring is 1. The lowest BCUT2D eigenvalue weighted by molar-refractivity contribution is -0.122. The summed E-state index contributed by atoms with van der Waals surface area (Å²) in [6.45, 7) is 6.15. The number of hydrogen-bond donors (Lipinski definition) is 4. The molecule has 0 aromatic carbocycles. The molecule has 0 radical (unpaired) electrons. The molecule has 116 valence electrons. The van der Waals surface area contributed by atoms with E-state index in [0.717, 1.165) is 0 Å². The number of amides is 2. The van der Waals surface area contributed by atoms with Crippen LogP contribution in [0.5, 0.6) is 0 Å². The van der Waals surface area contributed by atoms with Crippen molar-refractivity contribution in [3.05, 3.63) is 22.8 Å². The van der Waals surface area contributed by atoms with Gasteiger partial charge in [-0.2, -0.15) is 0 Å². The number of pyridine rings is 1. The summed E-state index contributed by atoms with van der Waals surface area (Å²) in [6.07, 6.45) is 1.33. The van der Waals surface area contributed by atoms with Crippen molar-refractivity contribution in [1.82, 2.24) is 15.6 Å². The van der Waals surface area contributed by atoms with E-state index < -0.39 is 11.9 Å². The summed E-state index contributed by atoms with van der Waals surface area (Å²) in [6, 6.07) is 0.778. The van der Waals surface area contributed by atoms with Crippen LogP contribution in [0.4, 0.5) is 5.82 Å². The molecule has 1 aromatic rings. The molecular formula is C13H20ClN5O2. The first-order valence-electron chi connectivity index (χ1n) is 6.55. The Morgan fingerprint density at radius 2 is 2.05 bits per heavy atom. The molecule has 0 spiro atoms. The lowest BCUT2D eigenvalue weighted by Crippen LogP contribution is -2.45. The number of carbonyl (C=O) groups excluding carboxylic acids is 2. The van der Waals surface area contributed by atoms with Crippen LogP contribution in [0.15, 0.2) is 12.3 Å². The zero-order chi connectivity index (χ0) is 16.0. The molecule has 21 heavy (non-hydrogen) atoms. The Morgan fingerprint density at radius 1 is 1.38 bits per heavy atom. The Bertz CT molecular complexity index is 521. The van der Waals surface area contributed by atoms with Gasteiger partial charge in [-0.1, -0.05) is 25.4 Å². The van der Waals surface area contributed by atoms with E-state index in [1.165, 1.54) is 12.3 Å². The van der Waals surface area contributed by atoms with Crippen LogP contribution in [0.1, 0.15) is 31.1 Å². The van der Waals surface area contributed by atoms with Gasteiger partial charge in [0.05, 0.1) is 10.6 Å². The van der Waals surface area contributed by atoms with E-state index >= 15 is 0 Å². The first-order chi connectivity index (χ1) is 9.85. The fourth-order valence-electron chi connectivity index (χ4n) is 1.47. The van der Waals surface area contributed by atoms with Gasteiger partial charge >= 0.3 is 0 Å². The van der Waals surface area contributed by atoms with Crippen LogP contribution in [-0.4, -0.2) is 29.4 Å². The molecule has 0 bridgehead atoms. The molecule has 7 nitrogen and oxygen atoms in total. The van der Waals surface area contributed by atoms with E-state index in [1.54, 1.807) is 6.92 Å². The van der Waals surface area contributed by atoms with Crippen molar-refractivity contribution in [2.45, 2.75) is 26.8 Å². The third-order valence-electron chi connectivity index (χ3n) is 2.67. The molecule has 1 atom stereocenters. The van der Waals surface area contributed by atoms with Crippen molar-refractivity contribution >= 4 is 29.2 Å². The van der Waals surface area contributed by atoms with Crippen molar-refractivity contribution in [2.24, 2.45) is 11.8 Å². The maximum atomic E-state index is 12.0. The summed E-state index contributed by atoms with van der Waals surface area (Å²) in [4.78, 5) is 27.7. The predicted octanol–water partition coefficient (Wildman–Crippen LogP) is 0.911. The van der Waals surface area contributed by atoms with Gasteiger partial charge in [0.25, 0.3) is 5.91 Å². The Morgan fingerprint density at radius 3 is 2.57 bits per heavy atom. The number of nitrogens with two attached hydrogens (primary N) is 1. The Hall–Kier alpha value is -1.86. The number of halogens is 1. The highest BCUT2D eigenvalue weighted by molar-refractivity contribution is 6.33. The SMILES string of the molecule is CC(C)CNC(=O)C(C)NC(=O)c1cnc(NN)c(Cl)c1. The van der Waals surface area contributed by atoms with Gasteiger partial charge in [0.2, 0.25) is 5.91 Å². The molecule has 1 heterocycles. The second kappa shape index (κ2) is 7.80. The lowest BCUT2D eigenvalue weighted by atomic mass is 10.2. The second-order valence-corrected chi connectivity index (χ2v) is 5.44. The van der Waals surface area contributed by atoms with Crippen LogP contribution >= 0.6 is 11.6 Å². The topological polar surface area (TPSA) is 109 Å². The monoisotopic (exact) mass is 313 g/mol. The summed E-state index contributed by atoms with van der Waals surface area (Å²) < 4.78 is 0. The van der Waals surface area contributed by atoms with Crippen LogP contribution in [0.25, 0.3) is 0 Å². The molecule has 0 aliphatic heterocycles. The third-order valence-corrected chi connectivity index (χ3v) is 2.95. The van der Waals surface area contributed by atoms with Gasteiger partial charge in [0, 0.05) is 12.7 Å². The fourth-order valence-corrected chi connectivity index (χ4v) is 1.69. The first-order valence-corrected chi connectivity index (χ1v) is 6.93. The smallest absolute Gasteiger partial charge is 0.253 e. The zero-order valence-corrected chi connectivity index (χ0v) is 13.0. The van der Waals surface area contributed by atoms with E-state index in [9.17, 15) is 9.59 Å². The summed E-state index contributed by atoms with van der Waals surface area (Å²) in [5.74, 6) is 5.15. The van der Waals surface area contributed by atoms with Crippen LogP contribution in [0, 0.1) is 5.92 Å². The van der Waals surface area contributed by atoms with E-state index in [2.05, 4.69) is 21.0 Å². The van der Waals surface area contributed by atoms with Crippen LogP contribution < -0.4 is 21.9 Å². The highest BCUT2D eigenvalue weighted by atomic mass is 35.5. The van der Waals surface area contributed by atoms with Crippen LogP contribution in [-0.2, 0) is 4.79 Å². The normalized spacial score (nSPS) is 11.9. The summed E-state index contributed by atoms with van der Waals surface area (Å²) in [7, 11) is 0.